The highest BCUT2D eigenvalue weighted by atomic mass is 16.5. The zero-order valence-electron chi connectivity index (χ0n) is 20.5. The van der Waals surface area contributed by atoms with E-state index in [1.54, 1.807) is 57.6 Å². The fraction of sp³-hybridized carbons (Fsp3) is 0.296. The molecule has 0 unspecified atom stereocenters. The number of benzene rings is 2. The molecule has 1 aliphatic rings. The van der Waals surface area contributed by atoms with Crippen molar-refractivity contribution in [2.75, 3.05) is 34.5 Å². The van der Waals surface area contributed by atoms with E-state index in [2.05, 4.69) is 0 Å². The number of ether oxygens (including phenoxy) is 4. The Bertz CT molecular complexity index is 1240. The van der Waals surface area contributed by atoms with E-state index in [9.17, 15) is 14.9 Å². The van der Waals surface area contributed by atoms with Gasteiger partial charge in [-0.25, -0.2) is 0 Å². The maximum Gasteiger partial charge on any atom is 0.271 e. The van der Waals surface area contributed by atoms with Crippen LogP contribution in [-0.2, 0) is 16.0 Å². The number of nitriles is 1. The zero-order chi connectivity index (χ0) is 25.5. The molecule has 8 heteroatoms. The summed E-state index contributed by atoms with van der Waals surface area (Å²) in [6, 6.07) is 12.7. The van der Waals surface area contributed by atoms with Gasteiger partial charge in [-0.2, -0.15) is 5.26 Å². The molecule has 0 saturated heterocycles. The molecule has 182 valence electrons. The first-order chi connectivity index (χ1) is 16.9. The van der Waals surface area contributed by atoms with Crippen LogP contribution in [0, 0.1) is 11.3 Å². The van der Waals surface area contributed by atoms with Gasteiger partial charge in [-0.3, -0.25) is 14.5 Å². The van der Waals surface area contributed by atoms with Gasteiger partial charge in [0.15, 0.2) is 23.0 Å². The fourth-order valence-corrected chi connectivity index (χ4v) is 3.83. The molecule has 35 heavy (non-hydrogen) atoms. The number of hydrogen-bond acceptors (Lipinski definition) is 7. The SMILES string of the molecule is CCOc1ccc(/C=C2/C(=O)N(CCc3ccc(OC)c(OC)c3)C(=O)C(C#N)=C2C)cc1OC. The monoisotopic (exact) mass is 476 g/mol. The second kappa shape index (κ2) is 11.3. The van der Waals surface area contributed by atoms with Crippen molar-refractivity contribution in [1.29, 1.82) is 5.26 Å². The summed E-state index contributed by atoms with van der Waals surface area (Å²) >= 11 is 0. The lowest BCUT2D eigenvalue weighted by Gasteiger charge is -2.27. The predicted octanol–water partition coefficient (Wildman–Crippen LogP) is 3.95. The quantitative estimate of drug-likeness (QED) is 0.399. The van der Waals surface area contributed by atoms with Crippen molar-refractivity contribution < 1.29 is 28.5 Å². The molecule has 0 saturated carbocycles. The lowest BCUT2D eigenvalue weighted by atomic mass is 9.93. The van der Waals surface area contributed by atoms with Gasteiger partial charge in [0, 0.05) is 12.1 Å². The van der Waals surface area contributed by atoms with Crippen molar-refractivity contribution in [3.63, 3.8) is 0 Å². The van der Waals surface area contributed by atoms with Gasteiger partial charge in [0.1, 0.15) is 11.6 Å². The predicted molar refractivity (Wildman–Crippen MR) is 130 cm³/mol. The summed E-state index contributed by atoms with van der Waals surface area (Å²) in [5, 5.41) is 9.65. The van der Waals surface area contributed by atoms with Gasteiger partial charge in [-0.15, -0.1) is 0 Å². The van der Waals surface area contributed by atoms with Crippen molar-refractivity contribution in [1.82, 2.24) is 4.90 Å². The Balaban J connectivity index is 1.93. The lowest BCUT2D eigenvalue weighted by Crippen LogP contribution is -2.43. The molecule has 0 spiro atoms. The smallest absolute Gasteiger partial charge is 0.271 e. The van der Waals surface area contributed by atoms with Crippen LogP contribution in [-0.4, -0.2) is 51.2 Å². The van der Waals surface area contributed by atoms with Gasteiger partial charge in [0.25, 0.3) is 11.8 Å². The first-order valence-corrected chi connectivity index (χ1v) is 11.1. The van der Waals surface area contributed by atoms with Gasteiger partial charge in [0.05, 0.1) is 27.9 Å². The van der Waals surface area contributed by atoms with Crippen LogP contribution in [0.3, 0.4) is 0 Å². The van der Waals surface area contributed by atoms with Gasteiger partial charge < -0.3 is 18.9 Å². The second-order valence-corrected chi connectivity index (χ2v) is 7.71. The summed E-state index contributed by atoms with van der Waals surface area (Å²) in [6.45, 7) is 4.08. The summed E-state index contributed by atoms with van der Waals surface area (Å²) in [6.07, 6.45) is 2.04. The highest BCUT2D eigenvalue weighted by molar-refractivity contribution is 6.19. The van der Waals surface area contributed by atoms with Crippen LogP contribution in [0.4, 0.5) is 0 Å². The number of hydrogen-bond donors (Lipinski definition) is 0. The van der Waals surface area contributed by atoms with Crippen LogP contribution in [0.15, 0.2) is 53.1 Å². The lowest BCUT2D eigenvalue weighted by molar-refractivity contribution is -0.140. The molecule has 2 aromatic rings. The topological polar surface area (TPSA) is 98.1 Å². The summed E-state index contributed by atoms with van der Waals surface area (Å²) in [5.41, 5.74) is 2.10. The van der Waals surface area contributed by atoms with Crippen LogP contribution in [0.25, 0.3) is 6.08 Å². The van der Waals surface area contributed by atoms with Crippen molar-refractivity contribution in [2.24, 2.45) is 0 Å². The van der Waals surface area contributed by atoms with Gasteiger partial charge in [0.2, 0.25) is 0 Å². The molecule has 2 aromatic carbocycles. The Morgan fingerprint density at radius 1 is 0.914 bits per heavy atom. The van der Waals surface area contributed by atoms with E-state index < -0.39 is 11.8 Å². The van der Waals surface area contributed by atoms with Crippen LogP contribution in [0.2, 0.25) is 0 Å². The Hall–Kier alpha value is -4.25. The molecule has 0 aromatic heterocycles. The number of carbonyl (C=O) groups excluding carboxylic acids is 2. The third kappa shape index (κ3) is 5.30. The largest absolute Gasteiger partial charge is 0.493 e. The summed E-state index contributed by atoms with van der Waals surface area (Å²) < 4.78 is 21.5. The van der Waals surface area contributed by atoms with E-state index in [0.29, 0.717) is 47.2 Å². The van der Waals surface area contributed by atoms with E-state index in [1.807, 2.05) is 19.1 Å². The van der Waals surface area contributed by atoms with Crippen molar-refractivity contribution in [3.05, 3.63) is 64.2 Å². The van der Waals surface area contributed by atoms with Crippen LogP contribution in [0.5, 0.6) is 23.0 Å². The average molecular weight is 477 g/mol. The van der Waals surface area contributed by atoms with Crippen molar-refractivity contribution in [2.45, 2.75) is 20.3 Å². The van der Waals surface area contributed by atoms with E-state index >= 15 is 0 Å². The number of rotatable bonds is 9. The highest BCUT2D eigenvalue weighted by Gasteiger charge is 2.35. The van der Waals surface area contributed by atoms with Gasteiger partial charge in [-0.05, 0) is 67.3 Å². The first-order valence-electron chi connectivity index (χ1n) is 11.1. The summed E-state index contributed by atoms with van der Waals surface area (Å²) in [7, 11) is 4.63. The van der Waals surface area contributed by atoms with Crippen molar-refractivity contribution >= 4 is 17.9 Å². The molecule has 0 atom stereocenters. The molecule has 0 fully saturated rings. The maximum absolute atomic E-state index is 13.4. The van der Waals surface area contributed by atoms with Crippen LogP contribution in [0.1, 0.15) is 25.0 Å². The molecule has 1 heterocycles. The van der Waals surface area contributed by atoms with Crippen molar-refractivity contribution in [3.8, 4) is 29.1 Å². The van der Waals surface area contributed by atoms with E-state index in [0.717, 1.165) is 10.5 Å². The molecule has 0 N–H and O–H groups in total. The zero-order valence-corrected chi connectivity index (χ0v) is 20.5. The summed E-state index contributed by atoms with van der Waals surface area (Å²) in [4.78, 5) is 27.4. The van der Waals surface area contributed by atoms with Crippen LogP contribution >= 0.6 is 0 Å². The minimum atomic E-state index is -0.600. The number of carbonyl (C=O) groups is 2. The molecule has 0 aliphatic carbocycles. The minimum Gasteiger partial charge on any atom is -0.493 e. The number of nitrogens with zero attached hydrogens (tertiary/aromatic N) is 2. The minimum absolute atomic E-state index is 0.0546. The van der Waals surface area contributed by atoms with Gasteiger partial charge >= 0.3 is 0 Å². The second-order valence-electron chi connectivity index (χ2n) is 7.71. The molecule has 8 nitrogen and oxygen atoms in total. The molecular weight excluding hydrogens is 448 g/mol. The third-order valence-electron chi connectivity index (χ3n) is 5.70. The van der Waals surface area contributed by atoms with E-state index in [-0.39, 0.29) is 17.7 Å². The van der Waals surface area contributed by atoms with E-state index in [4.69, 9.17) is 18.9 Å². The third-order valence-corrected chi connectivity index (χ3v) is 5.70. The number of imide groups is 1. The summed E-state index contributed by atoms with van der Waals surface area (Å²) in [5.74, 6) is 1.19. The Kier molecular flexibility index (Phi) is 8.16. The number of methoxy groups -OCH3 is 3. The Morgan fingerprint density at radius 3 is 2.20 bits per heavy atom. The maximum atomic E-state index is 13.4. The molecule has 0 bridgehead atoms. The Morgan fingerprint density at radius 2 is 1.57 bits per heavy atom. The Labute approximate surface area is 205 Å². The molecular formula is C27H28N2O6. The highest BCUT2D eigenvalue weighted by Crippen LogP contribution is 2.32. The average Bonchev–Trinajstić information content (AvgIpc) is 2.87. The number of amides is 2. The standard InChI is InChI=1S/C27H28N2O6/c1-6-35-23-10-8-19(15-25(23)34-5)13-20-17(2)21(16-28)27(31)29(26(20)30)12-11-18-7-9-22(32-3)24(14-18)33-4/h7-10,13-15H,6,11-12H2,1-5H3/b20-13+. The van der Waals surface area contributed by atoms with Crippen LogP contribution < -0.4 is 18.9 Å². The fourth-order valence-electron chi connectivity index (χ4n) is 3.83. The molecule has 0 radical (unpaired) electrons. The normalized spacial score (nSPS) is 14.7. The van der Waals surface area contributed by atoms with E-state index in [1.165, 1.54) is 7.11 Å². The molecule has 3 rings (SSSR count). The molecule has 2 amide bonds. The van der Waals surface area contributed by atoms with Gasteiger partial charge in [-0.1, -0.05) is 12.1 Å². The first kappa shape index (κ1) is 25.4. The molecule has 1 aliphatic heterocycles.